The van der Waals surface area contributed by atoms with Gasteiger partial charge in [-0.3, -0.25) is 0 Å². The molecule has 2 heterocycles. The third kappa shape index (κ3) is 6.22. The van der Waals surface area contributed by atoms with Gasteiger partial charge >= 0.3 is 6.09 Å². The molecule has 1 aromatic heterocycles. The number of imidazole rings is 1. The van der Waals surface area contributed by atoms with Crippen molar-refractivity contribution < 1.29 is 9.53 Å². The summed E-state index contributed by atoms with van der Waals surface area (Å²) in [4.78, 5) is 17.9. The van der Waals surface area contributed by atoms with E-state index in [1.807, 2.05) is 38.2 Å². The van der Waals surface area contributed by atoms with Crippen LogP contribution in [0.25, 0.3) is 0 Å². The molecule has 0 radical (unpaired) electrons. The molecule has 6 heteroatoms. The SMILES string of the molecule is CC(Cn1ccnc1)NCC1CCN(C(=O)OC(C)(C)C)CC1. The first kappa shape index (κ1) is 17.8. The second kappa shape index (κ2) is 7.81. The summed E-state index contributed by atoms with van der Waals surface area (Å²) in [6.45, 7) is 11.4. The first-order chi connectivity index (χ1) is 10.8. The molecular formula is C17H30N4O2. The zero-order chi connectivity index (χ0) is 16.9. The Balaban J connectivity index is 1.65. The van der Waals surface area contributed by atoms with Crippen molar-refractivity contribution >= 4 is 6.09 Å². The molecule has 1 fully saturated rings. The molecule has 0 aliphatic carbocycles. The number of aromatic nitrogens is 2. The van der Waals surface area contributed by atoms with Gasteiger partial charge in [-0.05, 0) is 53.0 Å². The molecule has 1 aliphatic rings. The van der Waals surface area contributed by atoms with Crippen LogP contribution in [0.15, 0.2) is 18.7 Å². The van der Waals surface area contributed by atoms with Crippen molar-refractivity contribution in [2.24, 2.45) is 5.92 Å². The predicted octanol–water partition coefficient (Wildman–Crippen LogP) is 2.51. The quantitative estimate of drug-likeness (QED) is 0.905. The number of hydrogen-bond acceptors (Lipinski definition) is 4. The first-order valence-electron chi connectivity index (χ1n) is 8.50. The van der Waals surface area contributed by atoms with E-state index in [2.05, 4.69) is 21.8 Å². The monoisotopic (exact) mass is 322 g/mol. The molecular weight excluding hydrogens is 292 g/mol. The molecule has 2 rings (SSSR count). The first-order valence-corrected chi connectivity index (χ1v) is 8.50. The van der Waals surface area contributed by atoms with Crippen LogP contribution in [0.5, 0.6) is 0 Å². The zero-order valence-electron chi connectivity index (χ0n) is 14.8. The lowest BCUT2D eigenvalue weighted by atomic mass is 9.97. The Hall–Kier alpha value is -1.56. The Morgan fingerprint density at radius 1 is 1.39 bits per heavy atom. The van der Waals surface area contributed by atoms with Gasteiger partial charge in [0.25, 0.3) is 0 Å². The summed E-state index contributed by atoms with van der Waals surface area (Å²) < 4.78 is 7.52. The van der Waals surface area contributed by atoms with Crippen LogP contribution < -0.4 is 5.32 Å². The molecule has 1 atom stereocenters. The predicted molar refractivity (Wildman–Crippen MR) is 90.2 cm³/mol. The molecule has 1 aromatic rings. The van der Waals surface area contributed by atoms with Gasteiger partial charge in [0.15, 0.2) is 0 Å². The van der Waals surface area contributed by atoms with Crippen LogP contribution in [0.3, 0.4) is 0 Å². The fourth-order valence-corrected chi connectivity index (χ4v) is 2.79. The van der Waals surface area contributed by atoms with Crippen LogP contribution in [0.4, 0.5) is 4.79 Å². The molecule has 0 aromatic carbocycles. The molecule has 1 amide bonds. The van der Waals surface area contributed by atoms with Crippen molar-refractivity contribution in [3.8, 4) is 0 Å². The van der Waals surface area contributed by atoms with E-state index in [-0.39, 0.29) is 6.09 Å². The number of carbonyl (C=O) groups is 1. The third-order valence-electron chi connectivity index (χ3n) is 4.07. The average Bonchev–Trinajstić information content (AvgIpc) is 2.97. The third-order valence-corrected chi connectivity index (χ3v) is 4.07. The van der Waals surface area contributed by atoms with E-state index < -0.39 is 5.60 Å². The number of likely N-dealkylation sites (tertiary alicyclic amines) is 1. The lowest BCUT2D eigenvalue weighted by molar-refractivity contribution is 0.0183. The standard InChI is InChI=1S/C17H30N4O2/c1-14(12-20-10-7-18-13-20)19-11-15-5-8-21(9-6-15)16(22)23-17(2,3)4/h7,10,13-15,19H,5-6,8-9,11-12H2,1-4H3. The molecule has 1 aliphatic heterocycles. The highest BCUT2D eigenvalue weighted by Gasteiger charge is 2.26. The highest BCUT2D eigenvalue weighted by atomic mass is 16.6. The minimum absolute atomic E-state index is 0.183. The molecule has 0 bridgehead atoms. The summed E-state index contributed by atoms with van der Waals surface area (Å²) in [5, 5.41) is 3.59. The second-order valence-electron chi connectivity index (χ2n) is 7.48. The van der Waals surface area contributed by atoms with Gasteiger partial charge in [-0.2, -0.15) is 0 Å². The number of hydrogen-bond donors (Lipinski definition) is 1. The fraction of sp³-hybridized carbons (Fsp3) is 0.765. The Morgan fingerprint density at radius 2 is 2.09 bits per heavy atom. The van der Waals surface area contributed by atoms with Crippen LogP contribution in [-0.2, 0) is 11.3 Å². The van der Waals surface area contributed by atoms with Crippen LogP contribution in [0, 0.1) is 5.92 Å². The minimum Gasteiger partial charge on any atom is -0.444 e. The van der Waals surface area contributed by atoms with Crippen molar-refractivity contribution in [2.75, 3.05) is 19.6 Å². The summed E-state index contributed by atoms with van der Waals surface area (Å²) >= 11 is 0. The van der Waals surface area contributed by atoms with Gasteiger partial charge in [-0.25, -0.2) is 9.78 Å². The van der Waals surface area contributed by atoms with Crippen LogP contribution >= 0.6 is 0 Å². The highest BCUT2D eigenvalue weighted by Crippen LogP contribution is 2.19. The Labute approximate surface area is 139 Å². The maximum Gasteiger partial charge on any atom is 0.410 e. The minimum atomic E-state index is -0.418. The maximum atomic E-state index is 12.0. The molecule has 1 saturated heterocycles. The topological polar surface area (TPSA) is 59.4 Å². The van der Waals surface area contributed by atoms with Gasteiger partial charge in [-0.15, -0.1) is 0 Å². The summed E-state index contributed by atoms with van der Waals surface area (Å²) in [5.41, 5.74) is -0.418. The van der Waals surface area contributed by atoms with Crippen molar-refractivity contribution in [3.63, 3.8) is 0 Å². The lowest BCUT2D eigenvalue weighted by Crippen LogP contribution is -2.44. The van der Waals surface area contributed by atoms with E-state index >= 15 is 0 Å². The largest absolute Gasteiger partial charge is 0.444 e. The van der Waals surface area contributed by atoms with E-state index in [0.29, 0.717) is 12.0 Å². The number of piperidine rings is 1. The van der Waals surface area contributed by atoms with Crippen LogP contribution in [0.1, 0.15) is 40.5 Å². The van der Waals surface area contributed by atoms with Gasteiger partial charge in [0.1, 0.15) is 5.60 Å². The highest BCUT2D eigenvalue weighted by molar-refractivity contribution is 5.68. The Bertz CT molecular complexity index is 473. The Kier molecular flexibility index (Phi) is 6.04. The normalized spacial score (nSPS) is 18.0. The number of carbonyl (C=O) groups excluding carboxylic acids is 1. The Morgan fingerprint density at radius 3 is 2.65 bits per heavy atom. The summed E-state index contributed by atoms with van der Waals surface area (Å²) in [5.74, 6) is 0.624. The zero-order valence-corrected chi connectivity index (χ0v) is 14.8. The van der Waals surface area contributed by atoms with E-state index in [0.717, 1.165) is 39.0 Å². The fourth-order valence-electron chi connectivity index (χ4n) is 2.79. The van der Waals surface area contributed by atoms with Gasteiger partial charge in [0.2, 0.25) is 0 Å². The molecule has 1 N–H and O–H groups in total. The van der Waals surface area contributed by atoms with Crippen molar-refractivity contribution in [3.05, 3.63) is 18.7 Å². The van der Waals surface area contributed by atoms with E-state index in [9.17, 15) is 4.79 Å². The van der Waals surface area contributed by atoms with Crippen molar-refractivity contribution in [2.45, 2.75) is 58.7 Å². The van der Waals surface area contributed by atoms with E-state index in [1.54, 1.807) is 6.20 Å². The van der Waals surface area contributed by atoms with Crippen LogP contribution in [0.2, 0.25) is 0 Å². The number of rotatable bonds is 5. The molecule has 23 heavy (non-hydrogen) atoms. The lowest BCUT2D eigenvalue weighted by Gasteiger charge is -2.34. The second-order valence-corrected chi connectivity index (χ2v) is 7.48. The maximum absolute atomic E-state index is 12.0. The van der Waals surface area contributed by atoms with Gasteiger partial charge in [0.05, 0.1) is 6.33 Å². The number of nitrogens with zero attached hydrogens (tertiary/aromatic N) is 3. The summed E-state index contributed by atoms with van der Waals surface area (Å²) in [7, 11) is 0. The number of ether oxygens (including phenoxy) is 1. The molecule has 6 nitrogen and oxygen atoms in total. The van der Waals surface area contributed by atoms with Crippen molar-refractivity contribution in [1.29, 1.82) is 0 Å². The average molecular weight is 322 g/mol. The molecule has 130 valence electrons. The number of amides is 1. The van der Waals surface area contributed by atoms with Gasteiger partial charge < -0.3 is 19.5 Å². The van der Waals surface area contributed by atoms with Gasteiger partial charge in [0, 0.05) is 38.1 Å². The smallest absolute Gasteiger partial charge is 0.410 e. The molecule has 0 spiro atoms. The van der Waals surface area contributed by atoms with Gasteiger partial charge in [-0.1, -0.05) is 0 Å². The summed E-state index contributed by atoms with van der Waals surface area (Å²) in [6, 6.07) is 0.410. The van der Waals surface area contributed by atoms with Crippen LogP contribution in [-0.4, -0.2) is 51.8 Å². The van der Waals surface area contributed by atoms with E-state index in [1.165, 1.54) is 0 Å². The molecule has 0 saturated carbocycles. The molecule has 1 unspecified atom stereocenters. The number of nitrogens with one attached hydrogen (secondary N) is 1. The van der Waals surface area contributed by atoms with Crippen molar-refractivity contribution in [1.82, 2.24) is 19.8 Å². The summed E-state index contributed by atoms with van der Waals surface area (Å²) in [6.07, 6.45) is 7.51. The van der Waals surface area contributed by atoms with E-state index in [4.69, 9.17) is 4.74 Å².